The molecule has 1 N–H and O–H groups in total. The van der Waals surface area contributed by atoms with Crippen LogP contribution < -0.4 is 5.32 Å². The fourth-order valence-electron chi connectivity index (χ4n) is 2.42. The van der Waals surface area contributed by atoms with Gasteiger partial charge < -0.3 is 5.32 Å². The monoisotopic (exact) mass is 260 g/mol. The Bertz CT molecular complexity index is 352. The first-order chi connectivity index (χ1) is 7.96. The predicted octanol–water partition coefficient (Wildman–Crippen LogP) is 0.493. The summed E-state index contributed by atoms with van der Waals surface area (Å²) >= 11 is 0. The third-order valence-electron chi connectivity index (χ3n) is 3.69. The van der Waals surface area contributed by atoms with Crippen LogP contribution in [0, 0.1) is 5.92 Å². The molecular formula is C12H24N2O2S. The molecule has 1 saturated carbocycles. The van der Waals surface area contributed by atoms with Crippen LogP contribution in [0.5, 0.6) is 0 Å². The Labute approximate surface area is 105 Å². The summed E-state index contributed by atoms with van der Waals surface area (Å²) in [6.45, 7) is 7.04. The normalized spacial score (nSPS) is 31.3. The molecular weight excluding hydrogens is 236 g/mol. The van der Waals surface area contributed by atoms with E-state index in [0.29, 0.717) is 24.0 Å². The predicted molar refractivity (Wildman–Crippen MR) is 69.9 cm³/mol. The highest BCUT2D eigenvalue weighted by molar-refractivity contribution is 7.91. The number of rotatable bonds is 5. The first-order valence-electron chi connectivity index (χ1n) is 6.64. The molecule has 0 amide bonds. The lowest BCUT2D eigenvalue weighted by molar-refractivity contribution is 0.195. The van der Waals surface area contributed by atoms with Crippen LogP contribution in [0.15, 0.2) is 0 Å². The third-order valence-corrected chi connectivity index (χ3v) is 5.48. The van der Waals surface area contributed by atoms with Crippen LogP contribution in [-0.4, -0.2) is 56.5 Å². The molecule has 0 aromatic carbocycles. The molecule has 4 nitrogen and oxygen atoms in total. The molecule has 2 aliphatic rings. The highest BCUT2D eigenvalue weighted by Gasteiger charge is 2.29. The van der Waals surface area contributed by atoms with Gasteiger partial charge in [0.2, 0.25) is 0 Å². The molecule has 0 aromatic heterocycles. The standard InChI is InChI=1S/C12H24N2O2S/c1-10(7-13-12-3-4-12)8-14-5-6-17(15,16)9-11(14)2/h10-13H,3-9H2,1-2H3. The smallest absolute Gasteiger partial charge is 0.153 e. The van der Waals surface area contributed by atoms with E-state index in [-0.39, 0.29) is 6.04 Å². The van der Waals surface area contributed by atoms with E-state index in [1.165, 1.54) is 12.8 Å². The molecule has 0 radical (unpaired) electrons. The van der Waals surface area contributed by atoms with Crippen molar-refractivity contribution in [3.63, 3.8) is 0 Å². The van der Waals surface area contributed by atoms with Gasteiger partial charge in [0, 0.05) is 25.2 Å². The Hall–Kier alpha value is -0.130. The summed E-state index contributed by atoms with van der Waals surface area (Å²) in [4.78, 5) is 2.32. The van der Waals surface area contributed by atoms with Crippen LogP contribution in [0.25, 0.3) is 0 Å². The Morgan fingerprint density at radius 3 is 2.71 bits per heavy atom. The largest absolute Gasteiger partial charge is 0.314 e. The van der Waals surface area contributed by atoms with E-state index in [1.807, 2.05) is 6.92 Å². The van der Waals surface area contributed by atoms with Crippen molar-refractivity contribution in [2.45, 2.75) is 38.8 Å². The Kier molecular flexibility index (Phi) is 4.10. The molecule has 0 spiro atoms. The first-order valence-corrected chi connectivity index (χ1v) is 8.46. The summed E-state index contributed by atoms with van der Waals surface area (Å²) in [5.41, 5.74) is 0. The Balaban J connectivity index is 1.74. The molecule has 100 valence electrons. The van der Waals surface area contributed by atoms with Gasteiger partial charge in [0.15, 0.2) is 9.84 Å². The van der Waals surface area contributed by atoms with E-state index in [4.69, 9.17) is 0 Å². The second-order valence-electron chi connectivity index (χ2n) is 5.75. The summed E-state index contributed by atoms with van der Waals surface area (Å²) in [7, 11) is -2.77. The molecule has 17 heavy (non-hydrogen) atoms. The van der Waals surface area contributed by atoms with Gasteiger partial charge >= 0.3 is 0 Å². The maximum atomic E-state index is 11.5. The van der Waals surface area contributed by atoms with Gasteiger partial charge in [-0.25, -0.2) is 8.42 Å². The number of nitrogens with zero attached hydrogens (tertiary/aromatic N) is 1. The lowest BCUT2D eigenvalue weighted by atomic mass is 10.1. The highest BCUT2D eigenvalue weighted by atomic mass is 32.2. The maximum Gasteiger partial charge on any atom is 0.153 e. The summed E-state index contributed by atoms with van der Waals surface area (Å²) in [6.07, 6.45) is 2.65. The van der Waals surface area contributed by atoms with E-state index in [1.54, 1.807) is 0 Å². The first kappa shape index (κ1) is 13.3. The zero-order chi connectivity index (χ0) is 12.5. The molecule has 2 unspecified atom stereocenters. The third kappa shape index (κ3) is 4.23. The second kappa shape index (κ2) is 5.24. The van der Waals surface area contributed by atoms with E-state index in [9.17, 15) is 8.42 Å². The highest BCUT2D eigenvalue weighted by Crippen LogP contribution is 2.19. The van der Waals surface area contributed by atoms with E-state index in [2.05, 4.69) is 17.1 Å². The van der Waals surface area contributed by atoms with Gasteiger partial charge in [-0.15, -0.1) is 0 Å². The average molecular weight is 260 g/mol. The zero-order valence-corrected chi connectivity index (χ0v) is 11.7. The van der Waals surface area contributed by atoms with Crippen molar-refractivity contribution >= 4 is 9.84 Å². The molecule has 2 atom stereocenters. The molecule has 2 rings (SSSR count). The van der Waals surface area contributed by atoms with Gasteiger partial charge in [-0.05, 0) is 32.2 Å². The van der Waals surface area contributed by atoms with Crippen LogP contribution in [-0.2, 0) is 9.84 Å². The van der Waals surface area contributed by atoms with E-state index < -0.39 is 9.84 Å². The minimum atomic E-state index is -2.77. The summed E-state index contributed by atoms with van der Waals surface area (Å²) in [5.74, 6) is 1.26. The van der Waals surface area contributed by atoms with Crippen molar-refractivity contribution in [3.8, 4) is 0 Å². The van der Waals surface area contributed by atoms with Crippen molar-refractivity contribution in [2.24, 2.45) is 5.92 Å². The zero-order valence-electron chi connectivity index (χ0n) is 10.9. The van der Waals surface area contributed by atoms with Crippen LogP contribution in [0.1, 0.15) is 26.7 Å². The number of hydrogen-bond donors (Lipinski definition) is 1. The molecule has 5 heteroatoms. The SMILES string of the molecule is CC(CNC1CC1)CN1CCS(=O)(=O)CC1C. The quantitative estimate of drug-likeness (QED) is 0.782. The minimum absolute atomic E-state index is 0.178. The minimum Gasteiger partial charge on any atom is -0.314 e. The van der Waals surface area contributed by atoms with Gasteiger partial charge in [-0.2, -0.15) is 0 Å². The fraction of sp³-hybridized carbons (Fsp3) is 1.00. The summed E-state index contributed by atoms with van der Waals surface area (Å²) in [5, 5.41) is 3.53. The molecule has 1 heterocycles. The topological polar surface area (TPSA) is 49.4 Å². The van der Waals surface area contributed by atoms with Gasteiger partial charge in [0.05, 0.1) is 11.5 Å². The van der Waals surface area contributed by atoms with Gasteiger partial charge in [-0.3, -0.25) is 4.90 Å². The molecule has 1 aliphatic heterocycles. The van der Waals surface area contributed by atoms with Crippen molar-refractivity contribution in [1.29, 1.82) is 0 Å². The van der Waals surface area contributed by atoms with Crippen LogP contribution in [0.2, 0.25) is 0 Å². The van der Waals surface area contributed by atoms with Crippen LogP contribution >= 0.6 is 0 Å². The van der Waals surface area contributed by atoms with Gasteiger partial charge in [0.25, 0.3) is 0 Å². The van der Waals surface area contributed by atoms with Crippen molar-refractivity contribution in [2.75, 3.05) is 31.1 Å². The second-order valence-corrected chi connectivity index (χ2v) is 7.97. The Morgan fingerprint density at radius 1 is 1.41 bits per heavy atom. The number of sulfone groups is 1. The molecule has 0 bridgehead atoms. The molecule has 1 aliphatic carbocycles. The van der Waals surface area contributed by atoms with Gasteiger partial charge in [-0.1, -0.05) is 6.92 Å². The number of nitrogens with one attached hydrogen (secondary N) is 1. The average Bonchev–Trinajstić information content (AvgIpc) is 3.02. The number of hydrogen-bond acceptors (Lipinski definition) is 4. The fourth-order valence-corrected chi connectivity index (χ4v) is 4.05. The molecule has 0 aromatic rings. The molecule has 2 fully saturated rings. The van der Waals surface area contributed by atoms with Crippen LogP contribution in [0.4, 0.5) is 0 Å². The van der Waals surface area contributed by atoms with Crippen LogP contribution in [0.3, 0.4) is 0 Å². The van der Waals surface area contributed by atoms with E-state index in [0.717, 1.165) is 19.1 Å². The lowest BCUT2D eigenvalue weighted by Crippen LogP contribution is -2.49. The maximum absolute atomic E-state index is 11.5. The van der Waals surface area contributed by atoms with Crippen molar-refractivity contribution in [3.05, 3.63) is 0 Å². The summed E-state index contributed by atoms with van der Waals surface area (Å²) in [6, 6.07) is 0.939. The molecule has 1 saturated heterocycles. The lowest BCUT2D eigenvalue weighted by Gasteiger charge is -2.34. The van der Waals surface area contributed by atoms with Crippen molar-refractivity contribution < 1.29 is 8.42 Å². The summed E-state index contributed by atoms with van der Waals surface area (Å²) < 4.78 is 23.0. The van der Waals surface area contributed by atoms with Crippen molar-refractivity contribution in [1.82, 2.24) is 10.2 Å². The van der Waals surface area contributed by atoms with E-state index >= 15 is 0 Å². The Morgan fingerprint density at radius 2 is 2.12 bits per heavy atom. The van der Waals surface area contributed by atoms with Gasteiger partial charge in [0.1, 0.15) is 0 Å².